The van der Waals surface area contributed by atoms with Crippen molar-refractivity contribution < 1.29 is 9.84 Å². The van der Waals surface area contributed by atoms with Gasteiger partial charge in [-0.15, -0.1) is 0 Å². The molecule has 0 unspecified atom stereocenters. The van der Waals surface area contributed by atoms with Gasteiger partial charge in [0, 0.05) is 10.0 Å². The number of ether oxygens (including phenoxy) is 1. The minimum absolute atomic E-state index is 0.0433. The number of hydrogen-bond acceptors (Lipinski definition) is 4. The lowest BCUT2D eigenvalue weighted by molar-refractivity contribution is 0.0915. The molecule has 3 rings (SSSR count). The number of nitrogens with zero attached hydrogens (tertiary/aromatic N) is 2. The Kier molecular flexibility index (Phi) is 5.04. The van der Waals surface area contributed by atoms with Crippen molar-refractivity contribution in [2.45, 2.75) is 12.6 Å². The third-order valence-corrected chi connectivity index (χ3v) is 3.94. The molecule has 0 saturated heterocycles. The van der Waals surface area contributed by atoms with E-state index in [2.05, 4.69) is 4.98 Å². The fraction of sp³-hybridized carbons (Fsp3) is 0.176. The lowest BCUT2D eigenvalue weighted by Crippen LogP contribution is -2.30. The van der Waals surface area contributed by atoms with Gasteiger partial charge in [-0.05, 0) is 42.5 Å². The number of aliphatic hydroxyl groups excluding tert-OH is 1. The number of fused-ring (bicyclic) bond motifs is 1. The first-order valence-corrected chi connectivity index (χ1v) is 7.99. The maximum absolute atomic E-state index is 12.4. The Morgan fingerprint density at radius 2 is 1.83 bits per heavy atom. The number of hydrogen-bond donors (Lipinski definition) is 1. The number of aromatic nitrogens is 2. The fourth-order valence-corrected chi connectivity index (χ4v) is 2.56. The number of aliphatic hydroxyl groups is 1. The van der Waals surface area contributed by atoms with Crippen molar-refractivity contribution in [3.63, 3.8) is 0 Å². The molecule has 3 aromatic rings. The number of rotatable bonds is 5. The third-order valence-electron chi connectivity index (χ3n) is 3.45. The summed E-state index contributed by atoms with van der Waals surface area (Å²) in [5.41, 5.74) is 0.306. The van der Waals surface area contributed by atoms with E-state index in [9.17, 15) is 9.90 Å². The monoisotopic (exact) mass is 364 g/mol. The first kappa shape index (κ1) is 16.8. The molecule has 0 saturated carbocycles. The zero-order chi connectivity index (χ0) is 17.1. The van der Waals surface area contributed by atoms with Crippen LogP contribution in [0.2, 0.25) is 10.0 Å². The first-order chi connectivity index (χ1) is 11.5. The van der Waals surface area contributed by atoms with Crippen LogP contribution in [0.25, 0.3) is 10.9 Å². The highest BCUT2D eigenvalue weighted by atomic mass is 35.5. The Bertz CT molecular complexity index is 910. The zero-order valence-corrected chi connectivity index (χ0v) is 14.0. The molecule has 0 aliphatic rings. The summed E-state index contributed by atoms with van der Waals surface area (Å²) in [6.45, 7) is 0.115. The highest BCUT2D eigenvalue weighted by Gasteiger charge is 2.10. The predicted molar refractivity (Wildman–Crippen MR) is 94.0 cm³/mol. The van der Waals surface area contributed by atoms with Crippen molar-refractivity contribution in [3.8, 4) is 5.75 Å². The molecule has 0 aliphatic carbocycles. The molecule has 7 heteroatoms. The summed E-state index contributed by atoms with van der Waals surface area (Å²) in [5, 5.41) is 11.6. The number of halogens is 2. The van der Waals surface area contributed by atoms with Gasteiger partial charge < -0.3 is 9.84 Å². The van der Waals surface area contributed by atoms with Gasteiger partial charge in [0.2, 0.25) is 0 Å². The van der Waals surface area contributed by atoms with Gasteiger partial charge in [0.25, 0.3) is 5.56 Å². The first-order valence-electron chi connectivity index (χ1n) is 7.24. The number of benzene rings is 2. The van der Waals surface area contributed by atoms with Crippen LogP contribution in [-0.4, -0.2) is 27.4 Å². The Labute approximate surface area is 148 Å². The van der Waals surface area contributed by atoms with E-state index in [1.54, 1.807) is 42.5 Å². The summed E-state index contributed by atoms with van der Waals surface area (Å²) in [5.74, 6) is 0.592. The summed E-state index contributed by atoms with van der Waals surface area (Å²) in [4.78, 5) is 16.6. The molecule has 24 heavy (non-hydrogen) atoms. The average Bonchev–Trinajstić information content (AvgIpc) is 2.57. The van der Waals surface area contributed by atoms with E-state index in [1.807, 2.05) is 0 Å². The van der Waals surface area contributed by atoms with E-state index in [0.717, 1.165) is 0 Å². The second-order valence-electron chi connectivity index (χ2n) is 5.28. The maximum atomic E-state index is 12.4. The quantitative estimate of drug-likeness (QED) is 0.755. The van der Waals surface area contributed by atoms with Crippen molar-refractivity contribution in [1.82, 2.24) is 9.55 Å². The molecule has 1 atom stereocenters. The Hall–Kier alpha value is -2.08. The minimum Gasteiger partial charge on any atom is -0.491 e. The molecule has 1 N–H and O–H groups in total. The van der Waals surface area contributed by atoms with Crippen LogP contribution >= 0.6 is 23.2 Å². The average molecular weight is 365 g/mol. The molecular formula is C17H14Cl2N2O3. The molecule has 5 nitrogen and oxygen atoms in total. The van der Waals surface area contributed by atoms with E-state index in [0.29, 0.717) is 26.7 Å². The highest BCUT2D eigenvalue weighted by Crippen LogP contribution is 2.16. The van der Waals surface area contributed by atoms with Gasteiger partial charge in [-0.1, -0.05) is 23.2 Å². The molecule has 1 heterocycles. The molecule has 0 bridgehead atoms. The largest absolute Gasteiger partial charge is 0.491 e. The van der Waals surface area contributed by atoms with Gasteiger partial charge in [-0.3, -0.25) is 9.36 Å². The molecule has 0 amide bonds. The lowest BCUT2D eigenvalue weighted by Gasteiger charge is -2.14. The summed E-state index contributed by atoms with van der Waals surface area (Å²) < 4.78 is 6.82. The predicted octanol–water partition coefficient (Wildman–Crippen LogP) is 3.14. The van der Waals surface area contributed by atoms with Crippen molar-refractivity contribution in [2.75, 3.05) is 6.61 Å². The third kappa shape index (κ3) is 3.87. The van der Waals surface area contributed by atoms with Crippen LogP contribution in [0.5, 0.6) is 5.75 Å². The molecule has 124 valence electrons. The summed E-state index contributed by atoms with van der Waals surface area (Å²) in [6.07, 6.45) is 0.543. The van der Waals surface area contributed by atoms with Crippen LogP contribution in [0, 0.1) is 0 Å². The normalized spacial score (nSPS) is 12.3. The molecule has 0 aliphatic heterocycles. The Morgan fingerprint density at radius 1 is 1.12 bits per heavy atom. The van der Waals surface area contributed by atoms with E-state index in [-0.39, 0.29) is 18.7 Å². The molecule has 0 spiro atoms. The standard InChI is InChI=1S/C17H14Cl2N2O3/c18-11-1-4-14(5-2-11)24-9-13(22)8-21-10-20-16-6-3-12(19)7-15(16)17(21)23/h1-7,10,13,22H,8-9H2/t13-/m0/s1. The molecule has 1 aromatic heterocycles. The molecular weight excluding hydrogens is 351 g/mol. The van der Waals surface area contributed by atoms with Crippen LogP contribution in [0.3, 0.4) is 0 Å². The van der Waals surface area contributed by atoms with E-state index in [4.69, 9.17) is 27.9 Å². The van der Waals surface area contributed by atoms with Gasteiger partial charge in [-0.25, -0.2) is 4.98 Å². The smallest absolute Gasteiger partial charge is 0.261 e. The summed E-state index contributed by atoms with van der Waals surface area (Å²) in [6, 6.07) is 11.7. The van der Waals surface area contributed by atoms with Crippen LogP contribution in [0.1, 0.15) is 0 Å². The molecule has 0 radical (unpaired) electrons. The van der Waals surface area contributed by atoms with Crippen molar-refractivity contribution in [3.05, 3.63) is 69.2 Å². The Morgan fingerprint density at radius 3 is 2.58 bits per heavy atom. The lowest BCUT2D eigenvalue weighted by atomic mass is 10.2. The highest BCUT2D eigenvalue weighted by molar-refractivity contribution is 6.31. The Balaban J connectivity index is 1.71. The van der Waals surface area contributed by atoms with E-state index in [1.165, 1.54) is 10.9 Å². The summed E-state index contributed by atoms with van der Waals surface area (Å²) >= 11 is 11.7. The van der Waals surface area contributed by atoms with Gasteiger partial charge in [0.05, 0.1) is 23.8 Å². The second-order valence-corrected chi connectivity index (χ2v) is 6.16. The van der Waals surface area contributed by atoms with E-state index < -0.39 is 6.10 Å². The molecule has 2 aromatic carbocycles. The van der Waals surface area contributed by atoms with Crippen LogP contribution in [-0.2, 0) is 6.54 Å². The van der Waals surface area contributed by atoms with Crippen molar-refractivity contribution in [2.24, 2.45) is 0 Å². The van der Waals surface area contributed by atoms with Crippen LogP contribution in [0.4, 0.5) is 0 Å². The molecule has 0 fully saturated rings. The van der Waals surface area contributed by atoms with E-state index >= 15 is 0 Å². The van der Waals surface area contributed by atoms with Crippen LogP contribution in [0.15, 0.2) is 53.6 Å². The van der Waals surface area contributed by atoms with Gasteiger partial charge in [0.15, 0.2) is 0 Å². The zero-order valence-electron chi connectivity index (χ0n) is 12.5. The topological polar surface area (TPSA) is 64.4 Å². The van der Waals surface area contributed by atoms with Crippen LogP contribution < -0.4 is 10.3 Å². The van der Waals surface area contributed by atoms with Crippen molar-refractivity contribution >= 4 is 34.1 Å². The SMILES string of the molecule is O=c1c2cc(Cl)ccc2ncn1C[C@H](O)COc1ccc(Cl)cc1. The van der Waals surface area contributed by atoms with Gasteiger partial charge in [-0.2, -0.15) is 0 Å². The second kappa shape index (κ2) is 7.21. The van der Waals surface area contributed by atoms with Crippen molar-refractivity contribution in [1.29, 1.82) is 0 Å². The maximum Gasteiger partial charge on any atom is 0.261 e. The van der Waals surface area contributed by atoms with Gasteiger partial charge in [0.1, 0.15) is 18.5 Å². The van der Waals surface area contributed by atoms with Gasteiger partial charge >= 0.3 is 0 Å². The summed E-state index contributed by atoms with van der Waals surface area (Å²) in [7, 11) is 0. The fourth-order valence-electron chi connectivity index (χ4n) is 2.26. The minimum atomic E-state index is -0.864.